The van der Waals surface area contributed by atoms with Crippen LogP contribution < -0.4 is 10.2 Å². The molecule has 1 aromatic heterocycles. The first kappa shape index (κ1) is 26.7. The number of carbonyl (C=O) groups excluding carboxylic acids is 1. The lowest BCUT2D eigenvalue weighted by molar-refractivity contribution is -0.156. The molecule has 0 bridgehead atoms. The van der Waals surface area contributed by atoms with Gasteiger partial charge in [-0.25, -0.2) is 18.4 Å². The molecule has 1 N–H and O–H groups in total. The molecule has 0 atom stereocenters. The Bertz CT molecular complexity index is 1300. The van der Waals surface area contributed by atoms with Crippen molar-refractivity contribution < 1.29 is 26.4 Å². The number of halogens is 4. The van der Waals surface area contributed by atoms with E-state index in [1.165, 1.54) is 12.7 Å². The summed E-state index contributed by atoms with van der Waals surface area (Å²) in [7, 11) is -3.32. The molecular weight excluding hydrogens is 505 g/mol. The number of rotatable bonds is 5. The average molecular weight is 529 g/mol. The van der Waals surface area contributed by atoms with Crippen LogP contribution in [0.5, 0.6) is 0 Å². The summed E-state index contributed by atoms with van der Waals surface area (Å²) in [5, 5.41) is 4.74. The fourth-order valence-corrected chi connectivity index (χ4v) is 4.72. The lowest BCUT2D eigenvalue weighted by Gasteiger charge is -2.31. The number of aldehydes is 1. The molecule has 12 heteroatoms. The molecule has 1 fully saturated rings. The molecule has 0 saturated carbocycles. The van der Waals surface area contributed by atoms with Gasteiger partial charge in [0.15, 0.2) is 9.84 Å². The average Bonchev–Trinajstić information content (AvgIpc) is 2.85. The molecule has 1 aliphatic rings. The third kappa shape index (κ3) is 7.04. The Labute approximate surface area is 206 Å². The van der Waals surface area contributed by atoms with Crippen molar-refractivity contribution in [3.8, 4) is 0 Å². The summed E-state index contributed by atoms with van der Waals surface area (Å²) in [6, 6.07) is 10.7. The second-order valence-corrected chi connectivity index (χ2v) is 10.5. The number of hydrogen-bond donors (Lipinski definition) is 1. The molecule has 2 aromatic carbocycles. The van der Waals surface area contributed by atoms with Crippen LogP contribution in [0, 0.1) is 0 Å². The quantitative estimate of drug-likeness (QED) is 0.433. The Balaban J connectivity index is 0.000000509. The SMILES string of the molecule is CCS(=O)(=O)c1ccc(N2CCCCC2)c(Nc2ncnc3ccc(Cl)cc23)c1.O=CC(F)(F)F. The first-order valence-electron chi connectivity index (χ1n) is 10.9. The second kappa shape index (κ2) is 11.2. The maximum absolute atomic E-state index is 12.5. The van der Waals surface area contributed by atoms with Crippen molar-refractivity contribution >= 4 is 55.8 Å². The van der Waals surface area contributed by atoms with E-state index in [0.717, 1.165) is 48.2 Å². The Morgan fingerprint density at radius 2 is 1.77 bits per heavy atom. The molecule has 7 nitrogen and oxygen atoms in total. The number of aromatic nitrogens is 2. The normalized spacial score (nSPS) is 14.3. The van der Waals surface area contributed by atoms with Crippen molar-refractivity contribution in [1.29, 1.82) is 0 Å². The lowest BCUT2D eigenvalue weighted by Crippen LogP contribution is -2.30. The van der Waals surface area contributed by atoms with Gasteiger partial charge in [-0.1, -0.05) is 18.5 Å². The largest absolute Gasteiger partial charge is 0.446 e. The maximum Gasteiger partial charge on any atom is 0.446 e. The molecule has 0 unspecified atom stereocenters. The van der Waals surface area contributed by atoms with Crippen molar-refractivity contribution in [3.63, 3.8) is 0 Å². The molecule has 1 aliphatic heterocycles. The third-order valence-electron chi connectivity index (χ3n) is 5.39. The van der Waals surface area contributed by atoms with E-state index in [2.05, 4.69) is 20.2 Å². The van der Waals surface area contributed by atoms with E-state index in [1.807, 2.05) is 18.2 Å². The summed E-state index contributed by atoms with van der Waals surface area (Å²) < 4.78 is 56.2. The number of carbonyl (C=O) groups is 1. The second-order valence-electron chi connectivity index (χ2n) is 7.80. The molecule has 0 radical (unpaired) electrons. The van der Waals surface area contributed by atoms with E-state index in [4.69, 9.17) is 16.4 Å². The standard InChI is InChI=1S/C21H23ClN4O2S.C2HF3O/c1-2-29(27,28)16-7-9-20(26-10-4-3-5-11-26)19(13-16)25-21-17-12-15(22)6-8-18(17)23-14-24-21;3-2(4,5)1-6/h6-9,12-14H,2-5,10-11H2,1H3,(H,23,24,25);1H. The van der Waals surface area contributed by atoms with Crippen LogP contribution in [0.2, 0.25) is 5.02 Å². The number of piperidine rings is 1. The fraction of sp³-hybridized carbons (Fsp3) is 0.348. The smallest absolute Gasteiger partial charge is 0.370 e. The zero-order valence-corrected chi connectivity index (χ0v) is 20.4. The minimum Gasteiger partial charge on any atom is -0.370 e. The number of hydrogen-bond acceptors (Lipinski definition) is 7. The lowest BCUT2D eigenvalue weighted by atomic mass is 10.1. The van der Waals surface area contributed by atoms with Gasteiger partial charge in [0.25, 0.3) is 0 Å². The van der Waals surface area contributed by atoms with Crippen molar-refractivity contribution in [3.05, 3.63) is 47.7 Å². The highest BCUT2D eigenvalue weighted by Crippen LogP contribution is 2.35. The zero-order chi connectivity index (χ0) is 25.6. The van der Waals surface area contributed by atoms with Crippen molar-refractivity contribution in [2.45, 2.75) is 37.3 Å². The van der Waals surface area contributed by atoms with Gasteiger partial charge >= 0.3 is 6.18 Å². The Hall–Kier alpha value is -2.92. The van der Waals surface area contributed by atoms with Crippen molar-refractivity contribution in [2.24, 2.45) is 0 Å². The number of nitrogens with one attached hydrogen (secondary N) is 1. The number of fused-ring (bicyclic) bond motifs is 1. The van der Waals surface area contributed by atoms with E-state index in [-0.39, 0.29) is 5.75 Å². The number of alkyl halides is 3. The monoisotopic (exact) mass is 528 g/mol. The predicted molar refractivity (Wildman–Crippen MR) is 130 cm³/mol. The van der Waals surface area contributed by atoms with E-state index < -0.39 is 22.3 Å². The van der Waals surface area contributed by atoms with Gasteiger partial charge in [-0.2, -0.15) is 13.2 Å². The summed E-state index contributed by atoms with van der Waals surface area (Å²) in [5.41, 5.74) is 2.47. The highest BCUT2D eigenvalue weighted by atomic mass is 35.5. The number of sulfone groups is 1. The molecule has 188 valence electrons. The van der Waals surface area contributed by atoms with Gasteiger partial charge in [0.05, 0.1) is 27.5 Å². The summed E-state index contributed by atoms with van der Waals surface area (Å²) >= 11 is 6.18. The van der Waals surface area contributed by atoms with Crippen LogP contribution in [0.3, 0.4) is 0 Å². The minimum atomic E-state index is -4.64. The zero-order valence-electron chi connectivity index (χ0n) is 18.8. The summed E-state index contributed by atoms with van der Waals surface area (Å²) in [4.78, 5) is 20.0. The van der Waals surface area contributed by atoms with Crippen LogP contribution in [0.4, 0.5) is 30.4 Å². The van der Waals surface area contributed by atoms with Gasteiger partial charge in [-0.05, 0) is 55.7 Å². The van der Waals surface area contributed by atoms with E-state index in [9.17, 15) is 21.6 Å². The molecule has 4 rings (SSSR count). The summed E-state index contributed by atoms with van der Waals surface area (Å²) in [5.74, 6) is 0.656. The molecule has 0 spiro atoms. The van der Waals surface area contributed by atoms with Crippen LogP contribution in [-0.2, 0) is 14.6 Å². The van der Waals surface area contributed by atoms with Crippen molar-refractivity contribution in [2.75, 3.05) is 29.1 Å². The molecule has 35 heavy (non-hydrogen) atoms. The molecule has 0 aliphatic carbocycles. The topological polar surface area (TPSA) is 92.3 Å². The van der Waals surface area contributed by atoms with Crippen LogP contribution in [0.15, 0.2) is 47.6 Å². The van der Waals surface area contributed by atoms with Crippen LogP contribution >= 0.6 is 11.6 Å². The van der Waals surface area contributed by atoms with Gasteiger partial charge in [0, 0.05) is 23.5 Å². The van der Waals surface area contributed by atoms with Gasteiger partial charge in [-0.15, -0.1) is 0 Å². The van der Waals surface area contributed by atoms with E-state index >= 15 is 0 Å². The molecular formula is C23H24ClF3N4O3S. The van der Waals surface area contributed by atoms with Crippen LogP contribution in [0.1, 0.15) is 26.2 Å². The molecule has 3 aromatic rings. The third-order valence-corrected chi connectivity index (χ3v) is 7.36. The van der Waals surface area contributed by atoms with E-state index in [1.54, 1.807) is 25.1 Å². The predicted octanol–water partition coefficient (Wildman–Crippen LogP) is 5.56. The van der Waals surface area contributed by atoms with Gasteiger partial charge < -0.3 is 10.2 Å². The highest BCUT2D eigenvalue weighted by Gasteiger charge is 2.25. The van der Waals surface area contributed by atoms with Gasteiger partial charge in [0.1, 0.15) is 12.1 Å². The first-order chi connectivity index (χ1) is 16.5. The van der Waals surface area contributed by atoms with Crippen LogP contribution in [0.25, 0.3) is 10.9 Å². The fourth-order valence-electron chi connectivity index (χ4n) is 3.64. The Kier molecular flexibility index (Phi) is 8.55. The molecule has 1 saturated heterocycles. The highest BCUT2D eigenvalue weighted by molar-refractivity contribution is 7.91. The Morgan fingerprint density at radius 3 is 2.40 bits per heavy atom. The van der Waals surface area contributed by atoms with Gasteiger partial charge in [0.2, 0.25) is 6.29 Å². The first-order valence-corrected chi connectivity index (χ1v) is 12.9. The van der Waals surface area contributed by atoms with E-state index in [0.29, 0.717) is 15.7 Å². The number of anilines is 3. The number of benzene rings is 2. The van der Waals surface area contributed by atoms with Gasteiger partial charge in [-0.3, -0.25) is 4.79 Å². The molecule has 2 heterocycles. The Morgan fingerprint density at radius 1 is 1.09 bits per heavy atom. The summed E-state index contributed by atoms with van der Waals surface area (Å²) in [6.45, 7) is 3.55. The minimum absolute atomic E-state index is 0.0571. The van der Waals surface area contributed by atoms with Crippen molar-refractivity contribution in [1.82, 2.24) is 9.97 Å². The number of nitrogens with zero attached hydrogens (tertiary/aromatic N) is 3. The molecule has 0 amide bonds. The summed E-state index contributed by atoms with van der Waals surface area (Å²) in [6.07, 6.45) is -0.740. The van der Waals surface area contributed by atoms with Crippen LogP contribution in [-0.4, -0.2) is 49.7 Å². The maximum atomic E-state index is 12.5.